The summed E-state index contributed by atoms with van der Waals surface area (Å²) in [4.78, 5) is 28.8. The van der Waals surface area contributed by atoms with Crippen LogP contribution in [-0.4, -0.2) is 39.6 Å². The number of rotatable bonds is 3. The van der Waals surface area contributed by atoms with Crippen molar-refractivity contribution >= 4 is 12.0 Å². The SMILES string of the molecule is CC(NC(=O)N1CCCCC1C(=O)O)c1ccncc1. The van der Waals surface area contributed by atoms with Crippen molar-refractivity contribution in [1.29, 1.82) is 0 Å². The van der Waals surface area contributed by atoms with Gasteiger partial charge in [0.1, 0.15) is 6.04 Å². The molecule has 2 heterocycles. The molecule has 0 saturated carbocycles. The number of piperidine rings is 1. The summed E-state index contributed by atoms with van der Waals surface area (Å²) in [6.07, 6.45) is 5.55. The highest BCUT2D eigenvalue weighted by Gasteiger charge is 2.32. The molecule has 6 nitrogen and oxygen atoms in total. The second kappa shape index (κ2) is 6.36. The maximum absolute atomic E-state index is 12.2. The zero-order chi connectivity index (χ0) is 14.5. The first-order valence-corrected chi connectivity index (χ1v) is 6.79. The summed E-state index contributed by atoms with van der Waals surface area (Å²) in [5, 5.41) is 12.0. The lowest BCUT2D eigenvalue weighted by atomic mass is 10.0. The Morgan fingerprint density at radius 2 is 2.10 bits per heavy atom. The number of hydrogen-bond donors (Lipinski definition) is 2. The second-order valence-corrected chi connectivity index (χ2v) is 4.99. The van der Waals surface area contributed by atoms with Crippen LogP contribution in [0.15, 0.2) is 24.5 Å². The number of pyridine rings is 1. The molecular formula is C14H19N3O3. The van der Waals surface area contributed by atoms with Crippen molar-refractivity contribution in [2.45, 2.75) is 38.3 Å². The maximum Gasteiger partial charge on any atom is 0.326 e. The van der Waals surface area contributed by atoms with Crippen molar-refractivity contribution < 1.29 is 14.7 Å². The number of carbonyl (C=O) groups excluding carboxylic acids is 1. The van der Waals surface area contributed by atoms with E-state index in [-0.39, 0.29) is 12.1 Å². The molecule has 108 valence electrons. The predicted molar refractivity (Wildman–Crippen MR) is 73.2 cm³/mol. The first-order valence-electron chi connectivity index (χ1n) is 6.79. The number of likely N-dealkylation sites (tertiary alicyclic amines) is 1. The van der Waals surface area contributed by atoms with Gasteiger partial charge in [-0.3, -0.25) is 4.98 Å². The fraction of sp³-hybridized carbons (Fsp3) is 0.500. The van der Waals surface area contributed by atoms with Gasteiger partial charge >= 0.3 is 12.0 Å². The van der Waals surface area contributed by atoms with E-state index < -0.39 is 12.0 Å². The van der Waals surface area contributed by atoms with E-state index in [0.29, 0.717) is 13.0 Å². The molecule has 2 rings (SSSR count). The Hall–Kier alpha value is -2.11. The highest BCUT2D eigenvalue weighted by molar-refractivity contribution is 5.83. The van der Waals surface area contributed by atoms with Gasteiger partial charge in [0.05, 0.1) is 6.04 Å². The van der Waals surface area contributed by atoms with E-state index in [9.17, 15) is 14.7 Å². The smallest absolute Gasteiger partial charge is 0.326 e. The van der Waals surface area contributed by atoms with E-state index in [1.54, 1.807) is 12.4 Å². The largest absolute Gasteiger partial charge is 0.480 e. The molecule has 0 radical (unpaired) electrons. The Morgan fingerprint density at radius 1 is 1.40 bits per heavy atom. The zero-order valence-electron chi connectivity index (χ0n) is 11.5. The molecule has 1 aromatic heterocycles. The number of hydrogen-bond acceptors (Lipinski definition) is 3. The molecule has 0 aromatic carbocycles. The molecule has 1 saturated heterocycles. The van der Waals surface area contributed by atoms with E-state index >= 15 is 0 Å². The van der Waals surface area contributed by atoms with Gasteiger partial charge in [-0.25, -0.2) is 9.59 Å². The zero-order valence-corrected chi connectivity index (χ0v) is 11.5. The predicted octanol–water partition coefficient (Wildman–Crippen LogP) is 1.79. The molecule has 1 aliphatic rings. The highest BCUT2D eigenvalue weighted by atomic mass is 16.4. The summed E-state index contributed by atoms with van der Waals surface area (Å²) < 4.78 is 0. The number of amides is 2. The Labute approximate surface area is 117 Å². The van der Waals surface area contributed by atoms with Crippen LogP contribution >= 0.6 is 0 Å². The molecule has 6 heteroatoms. The van der Waals surface area contributed by atoms with E-state index in [2.05, 4.69) is 10.3 Å². The third-order valence-electron chi connectivity index (χ3n) is 3.59. The Balaban J connectivity index is 2.01. The molecule has 2 amide bonds. The van der Waals surface area contributed by atoms with E-state index in [4.69, 9.17) is 0 Å². The van der Waals surface area contributed by atoms with Gasteiger partial charge in [0.2, 0.25) is 0 Å². The summed E-state index contributed by atoms with van der Waals surface area (Å²) >= 11 is 0. The fourth-order valence-electron chi connectivity index (χ4n) is 2.43. The van der Waals surface area contributed by atoms with Crippen LogP contribution in [0.2, 0.25) is 0 Å². The first kappa shape index (κ1) is 14.3. The molecular weight excluding hydrogens is 258 g/mol. The third kappa shape index (κ3) is 3.26. The number of carbonyl (C=O) groups is 2. The van der Waals surface area contributed by atoms with Gasteiger partial charge in [-0.05, 0) is 43.9 Å². The molecule has 0 bridgehead atoms. The van der Waals surface area contributed by atoms with Gasteiger partial charge in [0, 0.05) is 18.9 Å². The number of aromatic nitrogens is 1. The molecule has 1 aromatic rings. The lowest BCUT2D eigenvalue weighted by Crippen LogP contribution is -2.52. The van der Waals surface area contributed by atoms with Gasteiger partial charge < -0.3 is 15.3 Å². The van der Waals surface area contributed by atoms with Crippen molar-refractivity contribution in [2.75, 3.05) is 6.54 Å². The van der Waals surface area contributed by atoms with Crippen molar-refractivity contribution in [2.24, 2.45) is 0 Å². The number of aliphatic carboxylic acids is 1. The molecule has 1 fully saturated rings. The Bertz CT molecular complexity index is 478. The second-order valence-electron chi connectivity index (χ2n) is 4.99. The van der Waals surface area contributed by atoms with Gasteiger partial charge in [-0.15, -0.1) is 0 Å². The Kier molecular flexibility index (Phi) is 4.55. The average molecular weight is 277 g/mol. The van der Waals surface area contributed by atoms with E-state index in [1.807, 2.05) is 19.1 Å². The average Bonchev–Trinajstić information content (AvgIpc) is 2.48. The number of carboxylic acid groups (broad SMARTS) is 1. The highest BCUT2D eigenvalue weighted by Crippen LogP contribution is 2.18. The normalized spacial score (nSPS) is 20.2. The van der Waals surface area contributed by atoms with Crippen molar-refractivity contribution in [3.05, 3.63) is 30.1 Å². The van der Waals surface area contributed by atoms with Crippen molar-refractivity contribution in [3.63, 3.8) is 0 Å². The topological polar surface area (TPSA) is 82.5 Å². The van der Waals surface area contributed by atoms with Crippen LogP contribution in [0, 0.1) is 0 Å². The molecule has 2 atom stereocenters. The van der Waals surface area contributed by atoms with Crippen LogP contribution < -0.4 is 5.32 Å². The van der Waals surface area contributed by atoms with Crippen LogP contribution in [0.25, 0.3) is 0 Å². The minimum atomic E-state index is -0.934. The Morgan fingerprint density at radius 3 is 2.75 bits per heavy atom. The monoisotopic (exact) mass is 277 g/mol. The molecule has 1 aliphatic heterocycles. The summed E-state index contributed by atoms with van der Waals surface area (Å²) in [6.45, 7) is 2.36. The van der Waals surface area contributed by atoms with E-state index in [0.717, 1.165) is 18.4 Å². The third-order valence-corrected chi connectivity index (χ3v) is 3.59. The lowest BCUT2D eigenvalue weighted by Gasteiger charge is -2.33. The van der Waals surface area contributed by atoms with Crippen molar-refractivity contribution in [3.8, 4) is 0 Å². The van der Waals surface area contributed by atoms with E-state index in [1.165, 1.54) is 4.90 Å². The summed E-state index contributed by atoms with van der Waals surface area (Å²) in [5.74, 6) is -0.934. The number of nitrogens with zero attached hydrogens (tertiary/aromatic N) is 2. The van der Waals surface area contributed by atoms with Gasteiger partial charge in [0.15, 0.2) is 0 Å². The number of carboxylic acids is 1. The fourth-order valence-corrected chi connectivity index (χ4v) is 2.43. The molecule has 2 N–H and O–H groups in total. The maximum atomic E-state index is 12.2. The molecule has 0 aliphatic carbocycles. The first-order chi connectivity index (χ1) is 9.59. The molecule has 0 spiro atoms. The number of nitrogens with one attached hydrogen (secondary N) is 1. The quantitative estimate of drug-likeness (QED) is 0.882. The molecule has 20 heavy (non-hydrogen) atoms. The lowest BCUT2D eigenvalue weighted by molar-refractivity contribution is -0.143. The van der Waals surface area contributed by atoms with Gasteiger partial charge in [-0.2, -0.15) is 0 Å². The van der Waals surface area contributed by atoms with Crippen LogP contribution in [0.4, 0.5) is 4.79 Å². The van der Waals surface area contributed by atoms with Crippen molar-refractivity contribution in [1.82, 2.24) is 15.2 Å². The minimum absolute atomic E-state index is 0.179. The van der Waals surface area contributed by atoms with Crippen LogP contribution in [-0.2, 0) is 4.79 Å². The van der Waals surface area contributed by atoms with Gasteiger partial charge in [0.25, 0.3) is 0 Å². The summed E-state index contributed by atoms with van der Waals surface area (Å²) in [7, 11) is 0. The number of urea groups is 1. The summed E-state index contributed by atoms with van der Waals surface area (Å²) in [5.41, 5.74) is 0.942. The molecule has 2 unspecified atom stereocenters. The van der Waals surface area contributed by atoms with Crippen LogP contribution in [0.1, 0.15) is 37.8 Å². The van der Waals surface area contributed by atoms with Gasteiger partial charge in [-0.1, -0.05) is 0 Å². The summed E-state index contributed by atoms with van der Waals surface area (Å²) in [6, 6.07) is 2.45. The standard InChI is InChI=1S/C14H19N3O3/c1-10(11-5-7-15-8-6-11)16-14(20)17-9-3-2-4-12(17)13(18)19/h5-8,10,12H,2-4,9H2,1H3,(H,16,20)(H,18,19). The van der Waals surface area contributed by atoms with Crippen LogP contribution in [0.3, 0.4) is 0 Å². The van der Waals surface area contributed by atoms with Crippen LogP contribution in [0.5, 0.6) is 0 Å². The minimum Gasteiger partial charge on any atom is -0.480 e.